The number of esters is 1. The molecule has 6 nitrogen and oxygen atoms in total. The highest BCUT2D eigenvalue weighted by Crippen LogP contribution is 2.53. The van der Waals surface area contributed by atoms with Crippen LogP contribution in [-0.4, -0.2) is 65.4 Å². The maximum atomic E-state index is 12.2. The van der Waals surface area contributed by atoms with E-state index in [1.807, 2.05) is 27.1 Å². The number of carbonyl (C=O) groups is 1. The molecule has 27 heavy (non-hydrogen) atoms. The van der Waals surface area contributed by atoms with E-state index in [2.05, 4.69) is 20.8 Å². The van der Waals surface area contributed by atoms with E-state index in [4.69, 9.17) is 14.3 Å². The van der Waals surface area contributed by atoms with Crippen molar-refractivity contribution in [3.63, 3.8) is 0 Å². The predicted octanol–water partition coefficient (Wildman–Crippen LogP) is 2.70. The summed E-state index contributed by atoms with van der Waals surface area (Å²) in [4.78, 5) is 18.5. The lowest BCUT2D eigenvalue weighted by molar-refractivity contribution is -1.11. The van der Waals surface area contributed by atoms with Gasteiger partial charge in [-0.1, -0.05) is 18.2 Å². The van der Waals surface area contributed by atoms with Gasteiger partial charge in [0.15, 0.2) is 6.10 Å². The van der Waals surface area contributed by atoms with Crippen molar-refractivity contribution in [1.82, 2.24) is 0 Å². The highest BCUT2D eigenvalue weighted by Gasteiger charge is 2.68. The standard InChI is InChI=1S/C21H32NO5/c1-19(2,3)22(5,6)26-17-13-21(17,14-23)27-20(4)12-16(20)25-18(24)15-10-8-7-9-11-15/h7-11,16-17,23H,12-14H2,1-6H3/q+1/t16-,17+,20?,21?/m0/s1. The molecule has 0 heterocycles. The van der Waals surface area contributed by atoms with Gasteiger partial charge >= 0.3 is 5.97 Å². The minimum atomic E-state index is -0.719. The predicted molar refractivity (Wildman–Crippen MR) is 101 cm³/mol. The Bertz CT molecular complexity index is 698. The number of aliphatic hydroxyl groups is 1. The van der Waals surface area contributed by atoms with Gasteiger partial charge in [-0.25, -0.2) is 4.79 Å². The summed E-state index contributed by atoms with van der Waals surface area (Å²) < 4.78 is 12.2. The van der Waals surface area contributed by atoms with Crippen molar-refractivity contribution in [1.29, 1.82) is 0 Å². The molecule has 1 aromatic carbocycles. The summed E-state index contributed by atoms with van der Waals surface area (Å²) in [6.45, 7) is 8.14. The first-order chi connectivity index (χ1) is 12.4. The van der Waals surface area contributed by atoms with E-state index in [-0.39, 0.29) is 30.3 Å². The van der Waals surface area contributed by atoms with Crippen LogP contribution in [0.2, 0.25) is 0 Å². The Morgan fingerprint density at radius 1 is 1.19 bits per heavy atom. The molecule has 0 spiro atoms. The molecule has 2 unspecified atom stereocenters. The third-order valence-electron chi connectivity index (χ3n) is 6.04. The molecule has 1 N–H and O–H groups in total. The molecule has 2 aliphatic rings. The van der Waals surface area contributed by atoms with Crippen LogP contribution < -0.4 is 0 Å². The highest BCUT2D eigenvalue weighted by atomic mass is 16.7. The second-order valence-corrected chi connectivity index (χ2v) is 9.42. The molecule has 150 valence electrons. The molecule has 2 fully saturated rings. The number of hydrogen-bond acceptors (Lipinski definition) is 5. The van der Waals surface area contributed by atoms with Gasteiger partial charge in [-0.05, 0) is 39.8 Å². The Labute approximate surface area is 161 Å². The van der Waals surface area contributed by atoms with E-state index < -0.39 is 11.2 Å². The van der Waals surface area contributed by atoms with Crippen LogP contribution in [0.25, 0.3) is 0 Å². The van der Waals surface area contributed by atoms with Crippen LogP contribution in [0.1, 0.15) is 50.9 Å². The zero-order valence-corrected chi connectivity index (χ0v) is 17.2. The molecule has 0 bridgehead atoms. The average molecular weight is 378 g/mol. The Hall–Kier alpha value is -1.47. The maximum absolute atomic E-state index is 12.2. The fourth-order valence-electron chi connectivity index (χ4n) is 2.99. The van der Waals surface area contributed by atoms with Gasteiger partial charge in [-0.3, -0.25) is 0 Å². The quantitative estimate of drug-likeness (QED) is 0.449. The van der Waals surface area contributed by atoms with Crippen molar-refractivity contribution in [2.45, 2.75) is 69.5 Å². The van der Waals surface area contributed by atoms with Crippen LogP contribution in [0.4, 0.5) is 0 Å². The van der Waals surface area contributed by atoms with Crippen molar-refractivity contribution in [2.75, 3.05) is 20.7 Å². The van der Waals surface area contributed by atoms with Gasteiger partial charge in [0.2, 0.25) is 0 Å². The average Bonchev–Trinajstić information content (AvgIpc) is 3.43. The fourth-order valence-corrected chi connectivity index (χ4v) is 2.99. The minimum Gasteiger partial charge on any atom is -0.456 e. The van der Waals surface area contributed by atoms with Gasteiger partial charge < -0.3 is 14.6 Å². The Kier molecular flexibility index (Phi) is 4.92. The second-order valence-electron chi connectivity index (χ2n) is 9.42. The summed E-state index contributed by atoms with van der Waals surface area (Å²) in [6.07, 6.45) is 0.771. The first-order valence-corrected chi connectivity index (χ1v) is 9.52. The Balaban J connectivity index is 1.58. The van der Waals surface area contributed by atoms with E-state index in [0.29, 0.717) is 23.1 Å². The zero-order valence-electron chi connectivity index (χ0n) is 17.2. The molecule has 6 heteroatoms. The van der Waals surface area contributed by atoms with E-state index in [1.54, 1.807) is 24.3 Å². The largest absolute Gasteiger partial charge is 0.456 e. The molecule has 3 rings (SSSR count). The van der Waals surface area contributed by atoms with Crippen LogP contribution in [0.5, 0.6) is 0 Å². The highest BCUT2D eigenvalue weighted by molar-refractivity contribution is 5.89. The molecule has 0 aliphatic heterocycles. The summed E-state index contributed by atoms with van der Waals surface area (Å²) in [5, 5.41) is 9.94. The first-order valence-electron chi connectivity index (χ1n) is 9.52. The number of hydrogen-bond donors (Lipinski definition) is 1. The molecular formula is C21H32NO5+. The summed E-state index contributed by atoms with van der Waals surface area (Å²) in [5.74, 6) is -0.347. The van der Waals surface area contributed by atoms with Crippen LogP contribution in [-0.2, 0) is 14.3 Å². The smallest absolute Gasteiger partial charge is 0.338 e. The molecular weight excluding hydrogens is 346 g/mol. The van der Waals surface area contributed by atoms with Crippen molar-refractivity contribution in [3.05, 3.63) is 35.9 Å². The van der Waals surface area contributed by atoms with Gasteiger partial charge in [-0.15, -0.1) is 0 Å². The SMILES string of the molecule is CC1(OC2(CO)C[C@H]2O[N+](C)(C)C(C)(C)C)C[C@@H]1OC(=O)c1ccccc1. The van der Waals surface area contributed by atoms with Crippen molar-refractivity contribution in [2.24, 2.45) is 0 Å². The van der Waals surface area contributed by atoms with Gasteiger partial charge in [-0.2, -0.15) is 9.48 Å². The topological polar surface area (TPSA) is 65.0 Å². The summed E-state index contributed by atoms with van der Waals surface area (Å²) >= 11 is 0. The summed E-state index contributed by atoms with van der Waals surface area (Å²) in [6, 6.07) is 8.93. The van der Waals surface area contributed by atoms with Crippen molar-refractivity contribution < 1.29 is 28.9 Å². The molecule has 4 atom stereocenters. The van der Waals surface area contributed by atoms with E-state index >= 15 is 0 Å². The zero-order chi connectivity index (χ0) is 20.1. The van der Waals surface area contributed by atoms with Crippen molar-refractivity contribution >= 4 is 5.97 Å². The number of quaternary nitrogens is 1. The first kappa shape index (κ1) is 20.3. The molecule has 0 saturated heterocycles. The lowest BCUT2D eigenvalue weighted by atomic mass is 10.1. The Morgan fingerprint density at radius 3 is 2.37 bits per heavy atom. The van der Waals surface area contributed by atoms with E-state index in [1.165, 1.54) is 0 Å². The number of nitrogens with zero attached hydrogens (tertiary/aromatic N) is 1. The molecule has 0 aromatic heterocycles. The van der Waals surface area contributed by atoms with Crippen molar-refractivity contribution in [3.8, 4) is 0 Å². The number of ether oxygens (including phenoxy) is 2. The molecule has 2 saturated carbocycles. The molecule has 1 aromatic rings. The van der Waals surface area contributed by atoms with E-state index in [0.717, 1.165) is 0 Å². The van der Waals surface area contributed by atoms with Crippen LogP contribution >= 0.6 is 0 Å². The fraction of sp³-hybridized carbons (Fsp3) is 0.667. The number of aliphatic hydroxyl groups excluding tert-OH is 1. The number of rotatable bonds is 7. The van der Waals surface area contributed by atoms with Gasteiger partial charge in [0, 0.05) is 12.8 Å². The van der Waals surface area contributed by atoms with Gasteiger partial charge in [0.1, 0.15) is 22.8 Å². The minimum absolute atomic E-state index is 0.0962. The lowest BCUT2D eigenvalue weighted by Gasteiger charge is -2.39. The third-order valence-corrected chi connectivity index (χ3v) is 6.04. The maximum Gasteiger partial charge on any atom is 0.338 e. The summed E-state index contributed by atoms with van der Waals surface area (Å²) in [7, 11) is 4.01. The Morgan fingerprint density at radius 2 is 1.81 bits per heavy atom. The molecule has 2 aliphatic carbocycles. The van der Waals surface area contributed by atoms with Gasteiger partial charge in [0.25, 0.3) is 0 Å². The summed E-state index contributed by atoms with van der Waals surface area (Å²) in [5.41, 5.74) is -0.866. The van der Waals surface area contributed by atoms with Crippen LogP contribution in [0.15, 0.2) is 30.3 Å². The number of carbonyl (C=O) groups excluding carboxylic acids is 1. The lowest BCUT2D eigenvalue weighted by Crippen LogP contribution is -2.55. The van der Waals surface area contributed by atoms with E-state index in [9.17, 15) is 9.90 Å². The second kappa shape index (κ2) is 6.55. The number of benzene rings is 1. The number of hydroxylamine groups is 3. The van der Waals surface area contributed by atoms with Crippen LogP contribution in [0.3, 0.4) is 0 Å². The van der Waals surface area contributed by atoms with Gasteiger partial charge in [0.05, 0.1) is 26.3 Å². The van der Waals surface area contributed by atoms with Crippen LogP contribution in [0, 0.1) is 0 Å². The molecule has 0 amide bonds. The molecule has 0 radical (unpaired) electrons. The normalized spacial score (nSPS) is 32.9. The third kappa shape index (κ3) is 4.04. The monoisotopic (exact) mass is 378 g/mol.